The molecule has 3 rings (SSSR count). The number of carbonyl (C=O) groups excluding carboxylic acids is 2. The molecule has 0 radical (unpaired) electrons. The number of likely N-dealkylation sites (tertiary alicyclic amines) is 1. The number of ketones is 1. The van der Waals surface area contributed by atoms with Crippen LogP contribution in [0.15, 0.2) is 48.5 Å². The van der Waals surface area contributed by atoms with Gasteiger partial charge >= 0.3 is 0 Å². The van der Waals surface area contributed by atoms with E-state index < -0.39 is 5.60 Å². The van der Waals surface area contributed by atoms with E-state index in [0.29, 0.717) is 25.1 Å². The number of piperidine rings is 1. The summed E-state index contributed by atoms with van der Waals surface area (Å²) >= 11 is 0. The first kappa shape index (κ1) is 26.0. The Bertz CT molecular complexity index is 1020. The van der Waals surface area contributed by atoms with Crippen molar-refractivity contribution in [3.63, 3.8) is 0 Å². The van der Waals surface area contributed by atoms with Crippen LogP contribution in [0.5, 0.6) is 5.75 Å². The fourth-order valence-electron chi connectivity index (χ4n) is 4.81. The molecule has 1 atom stereocenters. The topological polar surface area (TPSA) is 46.6 Å². The number of amides is 1. The Morgan fingerprint density at radius 2 is 1.71 bits per heavy atom. The minimum absolute atomic E-state index is 0.0779. The molecule has 1 heterocycles. The minimum Gasteiger partial charge on any atom is -0.480 e. The second-order valence-corrected chi connectivity index (χ2v) is 11.5. The van der Waals surface area contributed by atoms with Crippen LogP contribution in [-0.4, -0.2) is 35.3 Å². The van der Waals surface area contributed by atoms with Crippen LogP contribution in [0.3, 0.4) is 0 Å². The molecule has 1 aliphatic heterocycles. The highest BCUT2D eigenvalue weighted by Crippen LogP contribution is 2.36. The zero-order valence-corrected chi connectivity index (χ0v) is 22.0. The summed E-state index contributed by atoms with van der Waals surface area (Å²) in [5, 5.41) is 0. The molecular formula is C30H41NO3. The van der Waals surface area contributed by atoms with Crippen molar-refractivity contribution in [2.24, 2.45) is 0 Å². The molecule has 1 saturated heterocycles. The zero-order valence-electron chi connectivity index (χ0n) is 22.0. The predicted octanol–water partition coefficient (Wildman–Crippen LogP) is 6.24. The van der Waals surface area contributed by atoms with E-state index in [4.69, 9.17) is 4.74 Å². The Morgan fingerprint density at radius 3 is 2.32 bits per heavy atom. The van der Waals surface area contributed by atoms with Crippen molar-refractivity contribution < 1.29 is 14.3 Å². The number of benzene rings is 2. The van der Waals surface area contributed by atoms with Gasteiger partial charge in [-0.1, -0.05) is 71.0 Å². The first-order chi connectivity index (χ1) is 15.8. The molecule has 2 aromatic rings. The van der Waals surface area contributed by atoms with Crippen molar-refractivity contribution in [2.45, 2.75) is 90.6 Å². The smallest absolute Gasteiger partial charge is 0.227 e. The van der Waals surface area contributed by atoms with E-state index in [1.54, 1.807) is 0 Å². The highest BCUT2D eigenvalue weighted by atomic mass is 16.5. The van der Waals surface area contributed by atoms with Crippen molar-refractivity contribution in [3.8, 4) is 5.75 Å². The quantitative estimate of drug-likeness (QED) is 0.488. The lowest BCUT2D eigenvalue weighted by Crippen LogP contribution is -2.47. The highest BCUT2D eigenvalue weighted by Gasteiger charge is 2.35. The number of hydrogen-bond acceptors (Lipinski definition) is 3. The Hall–Kier alpha value is -2.62. The van der Waals surface area contributed by atoms with Crippen LogP contribution in [0.25, 0.3) is 0 Å². The van der Waals surface area contributed by atoms with Crippen LogP contribution in [0.4, 0.5) is 0 Å². The first-order valence-corrected chi connectivity index (χ1v) is 12.5. The Balaban J connectivity index is 1.72. The number of nitrogens with zero attached hydrogens (tertiary/aromatic N) is 1. The summed E-state index contributed by atoms with van der Waals surface area (Å²) in [7, 11) is 0. The van der Waals surface area contributed by atoms with Gasteiger partial charge in [-0.2, -0.15) is 0 Å². The average Bonchev–Trinajstić information content (AvgIpc) is 2.78. The molecule has 0 aliphatic carbocycles. The summed E-state index contributed by atoms with van der Waals surface area (Å²) in [5.41, 5.74) is 2.59. The van der Waals surface area contributed by atoms with Crippen LogP contribution in [-0.2, 0) is 26.8 Å². The largest absolute Gasteiger partial charge is 0.480 e. The van der Waals surface area contributed by atoms with Gasteiger partial charge in [-0.3, -0.25) is 9.59 Å². The van der Waals surface area contributed by atoms with Crippen molar-refractivity contribution >= 4 is 11.7 Å². The average molecular weight is 464 g/mol. The van der Waals surface area contributed by atoms with Crippen molar-refractivity contribution in [1.29, 1.82) is 0 Å². The van der Waals surface area contributed by atoms with E-state index in [1.807, 2.05) is 43.9 Å². The summed E-state index contributed by atoms with van der Waals surface area (Å²) in [6.45, 7) is 15.8. The number of hydrogen-bond donors (Lipinski definition) is 0. The molecule has 0 saturated carbocycles. The van der Waals surface area contributed by atoms with Crippen molar-refractivity contribution in [3.05, 3.63) is 65.2 Å². The third-order valence-electron chi connectivity index (χ3n) is 7.12. The van der Waals surface area contributed by atoms with Gasteiger partial charge in [0, 0.05) is 24.9 Å². The summed E-state index contributed by atoms with van der Waals surface area (Å²) in [5.74, 6) is 0.957. The van der Waals surface area contributed by atoms with E-state index in [0.717, 1.165) is 30.5 Å². The molecule has 0 N–H and O–H groups in total. The van der Waals surface area contributed by atoms with E-state index >= 15 is 0 Å². The third kappa shape index (κ3) is 6.08. The molecule has 0 spiro atoms. The summed E-state index contributed by atoms with van der Waals surface area (Å²) in [6.07, 6.45) is 2.85. The van der Waals surface area contributed by atoms with Gasteiger partial charge in [-0.25, -0.2) is 0 Å². The van der Waals surface area contributed by atoms with Crippen LogP contribution in [0, 0.1) is 0 Å². The van der Waals surface area contributed by atoms with Gasteiger partial charge in [0.05, 0.1) is 6.42 Å². The standard InChI is InChI=1S/C30H41NO3/c1-8-26(32)29(5,6)34-25-12-9-11-24(20-25)30(7)17-10-18-31(21-30)27(33)19-22-13-15-23(16-14-22)28(2,3)4/h9,11-16,20H,8,10,17-19,21H2,1-7H3/t30-/m1/s1. The maximum Gasteiger partial charge on any atom is 0.227 e. The summed E-state index contributed by atoms with van der Waals surface area (Å²) < 4.78 is 6.09. The maximum absolute atomic E-state index is 13.2. The number of Topliss-reactive ketones (excluding diaryl/α,β-unsaturated/α-hetero) is 1. The molecule has 1 fully saturated rings. The fraction of sp³-hybridized carbons (Fsp3) is 0.533. The second-order valence-electron chi connectivity index (χ2n) is 11.5. The van der Waals surface area contributed by atoms with Gasteiger partial charge in [0.25, 0.3) is 0 Å². The van der Waals surface area contributed by atoms with E-state index in [1.165, 1.54) is 5.56 Å². The zero-order chi connectivity index (χ0) is 25.1. The van der Waals surface area contributed by atoms with E-state index in [2.05, 4.69) is 58.0 Å². The Morgan fingerprint density at radius 1 is 1.03 bits per heavy atom. The summed E-state index contributed by atoms with van der Waals surface area (Å²) in [4.78, 5) is 27.5. The molecule has 1 amide bonds. The van der Waals surface area contributed by atoms with Crippen molar-refractivity contribution in [1.82, 2.24) is 4.90 Å². The molecule has 34 heavy (non-hydrogen) atoms. The van der Waals surface area contributed by atoms with Gasteiger partial charge in [0.1, 0.15) is 5.75 Å². The highest BCUT2D eigenvalue weighted by molar-refractivity contribution is 5.86. The fourth-order valence-corrected chi connectivity index (χ4v) is 4.81. The van der Waals surface area contributed by atoms with Gasteiger partial charge < -0.3 is 9.64 Å². The van der Waals surface area contributed by atoms with Crippen LogP contribution in [0.1, 0.15) is 84.4 Å². The van der Waals surface area contributed by atoms with Crippen LogP contribution in [0.2, 0.25) is 0 Å². The minimum atomic E-state index is -0.856. The monoisotopic (exact) mass is 463 g/mol. The molecule has 184 valence electrons. The first-order valence-electron chi connectivity index (χ1n) is 12.5. The maximum atomic E-state index is 13.2. The van der Waals surface area contributed by atoms with Crippen LogP contribution >= 0.6 is 0 Å². The summed E-state index contributed by atoms with van der Waals surface area (Å²) in [6, 6.07) is 16.5. The van der Waals surface area contributed by atoms with Crippen LogP contribution < -0.4 is 4.74 Å². The molecule has 2 aromatic carbocycles. The van der Waals surface area contributed by atoms with Gasteiger partial charge in [0.2, 0.25) is 5.91 Å². The molecule has 0 bridgehead atoms. The molecule has 4 nitrogen and oxygen atoms in total. The molecule has 0 aromatic heterocycles. The SMILES string of the molecule is CCC(=O)C(C)(C)Oc1cccc([C@]2(C)CCCN(C(=O)Cc3ccc(C(C)(C)C)cc3)C2)c1. The van der Waals surface area contributed by atoms with E-state index in [-0.39, 0.29) is 22.5 Å². The van der Waals surface area contributed by atoms with Gasteiger partial charge in [-0.05, 0) is 60.9 Å². The lowest BCUT2D eigenvalue weighted by Gasteiger charge is -2.41. The predicted molar refractivity (Wildman–Crippen MR) is 138 cm³/mol. The number of rotatable bonds is 7. The lowest BCUT2D eigenvalue weighted by molar-refractivity contribution is -0.133. The van der Waals surface area contributed by atoms with Crippen molar-refractivity contribution in [2.75, 3.05) is 13.1 Å². The van der Waals surface area contributed by atoms with Gasteiger partial charge in [-0.15, -0.1) is 0 Å². The second kappa shape index (κ2) is 9.93. The molecule has 4 heteroatoms. The number of carbonyl (C=O) groups is 2. The molecular weight excluding hydrogens is 422 g/mol. The molecule has 1 aliphatic rings. The lowest BCUT2D eigenvalue weighted by atomic mass is 9.75. The normalized spacial score (nSPS) is 19.1. The Labute approximate surface area is 205 Å². The molecule has 0 unspecified atom stereocenters. The Kier molecular flexibility index (Phi) is 7.59. The van der Waals surface area contributed by atoms with Gasteiger partial charge in [0.15, 0.2) is 11.4 Å². The van der Waals surface area contributed by atoms with E-state index in [9.17, 15) is 9.59 Å². The third-order valence-corrected chi connectivity index (χ3v) is 7.12. The number of ether oxygens (including phenoxy) is 1.